The van der Waals surface area contributed by atoms with Crippen LogP contribution in [0.25, 0.3) is 0 Å². The van der Waals surface area contributed by atoms with Gasteiger partial charge < -0.3 is 5.73 Å². The molecule has 2 heteroatoms. The Kier molecular flexibility index (Phi) is 7.49. The van der Waals surface area contributed by atoms with E-state index >= 15 is 0 Å². The molecule has 1 nitrogen and oxygen atoms in total. The number of nitrogens with two attached hydrogens (primary N) is 1. The number of allylic oxidation sites excluding steroid dienone is 5. The van der Waals surface area contributed by atoms with Crippen molar-refractivity contribution in [1.29, 1.82) is 0 Å². The molecule has 0 aliphatic rings. The molecule has 0 radical (unpaired) electrons. The van der Waals surface area contributed by atoms with Gasteiger partial charge in [-0.1, -0.05) is 50.3 Å². The van der Waals surface area contributed by atoms with E-state index in [-0.39, 0.29) is 5.41 Å². The maximum absolute atomic E-state index is 5.88. The van der Waals surface area contributed by atoms with E-state index in [4.69, 9.17) is 17.3 Å². The highest BCUT2D eigenvalue weighted by molar-refractivity contribution is 6.31. The highest BCUT2D eigenvalue weighted by Crippen LogP contribution is 2.26. The van der Waals surface area contributed by atoms with E-state index in [0.29, 0.717) is 11.0 Å². The van der Waals surface area contributed by atoms with Gasteiger partial charge in [0.1, 0.15) is 0 Å². The Hall–Kier alpha value is -0.530. The highest BCUT2D eigenvalue weighted by atomic mass is 35.5. The maximum Gasteiger partial charge on any atom is 0.0360 e. The van der Waals surface area contributed by atoms with Crippen molar-refractivity contribution in [3.63, 3.8) is 0 Å². The summed E-state index contributed by atoms with van der Waals surface area (Å²) in [6.07, 6.45) is 8.67. The molecular formula is C15H26ClN. The fourth-order valence-electron chi connectivity index (χ4n) is 1.55. The van der Waals surface area contributed by atoms with Gasteiger partial charge in [0.2, 0.25) is 0 Å². The smallest absolute Gasteiger partial charge is 0.0360 e. The molecule has 1 atom stereocenters. The van der Waals surface area contributed by atoms with Crippen LogP contribution in [-0.4, -0.2) is 6.54 Å². The van der Waals surface area contributed by atoms with Crippen molar-refractivity contribution in [2.45, 2.75) is 40.5 Å². The lowest BCUT2D eigenvalue weighted by molar-refractivity contribution is 0.327. The molecule has 0 amide bonds. The summed E-state index contributed by atoms with van der Waals surface area (Å²) < 4.78 is 0. The molecule has 0 fully saturated rings. The summed E-state index contributed by atoms with van der Waals surface area (Å²) >= 11 is 5.88. The molecule has 2 N–H and O–H groups in total. The summed E-state index contributed by atoms with van der Waals surface area (Å²) in [5.41, 5.74) is 7.01. The third-order valence-corrected chi connectivity index (χ3v) is 3.34. The SMILES string of the molecule is C=C(Cl)/C(C)=C\C(/C=C\C)CCC(C)(C)CN. The zero-order chi connectivity index (χ0) is 13.5. The van der Waals surface area contributed by atoms with Gasteiger partial charge in [0, 0.05) is 5.03 Å². The summed E-state index contributed by atoms with van der Waals surface area (Å²) in [6, 6.07) is 0. The predicted molar refractivity (Wildman–Crippen MR) is 79.1 cm³/mol. The second-order valence-electron chi connectivity index (χ2n) is 5.35. The monoisotopic (exact) mass is 255 g/mol. The molecule has 0 heterocycles. The Balaban J connectivity index is 4.56. The molecule has 0 aromatic rings. The largest absolute Gasteiger partial charge is 0.330 e. The lowest BCUT2D eigenvalue weighted by atomic mass is 9.84. The van der Waals surface area contributed by atoms with Crippen LogP contribution < -0.4 is 5.73 Å². The molecule has 0 saturated carbocycles. The minimum Gasteiger partial charge on any atom is -0.330 e. The van der Waals surface area contributed by atoms with Gasteiger partial charge in [-0.15, -0.1) is 0 Å². The van der Waals surface area contributed by atoms with E-state index in [1.807, 2.05) is 13.8 Å². The molecule has 0 aromatic carbocycles. The highest BCUT2D eigenvalue weighted by Gasteiger charge is 2.16. The van der Waals surface area contributed by atoms with Crippen LogP contribution >= 0.6 is 11.6 Å². The minimum atomic E-state index is 0.208. The molecule has 0 saturated heterocycles. The normalized spacial score (nSPS) is 15.3. The van der Waals surface area contributed by atoms with E-state index < -0.39 is 0 Å². The van der Waals surface area contributed by atoms with Crippen LogP contribution in [0.2, 0.25) is 0 Å². The lowest BCUT2D eigenvalue weighted by Crippen LogP contribution is -2.23. The Morgan fingerprint density at radius 3 is 2.47 bits per heavy atom. The second kappa shape index (κ2) is 7.73. The van der Waals surface area contributed by atoms with Crippen LogP contribution in [-0.2, 0) is 0 Å². The molecule has 0 bridgehead atoms. The van der Waals surface area contributed by atoms with Gasteiger partial charge in [0.25, 0.3) is 0 Å². The number of hydrogen-bond acceptors (Lipinski definition) is 1. The van der Waals surface area contributed by atoms with Crippen LogP contribution in [0.3, 0.4) is 0 Å². The van der Waals surface area contributed by atoms with Crippen LogP contribution in [0.15, 0.2) is 35.4 Å². The third kappa shape index (κ3) is 7.40. The zero-order valence-corrected chi connectivity index (χ0v) is 12.3. The molecule has 0 aliphatic heterocycles. The lowest BCUT2D eigenvalue weighted by Gasteiger charge is -2.23. The summed E-state index contributed by atoms with van der Waals surface area (Å²) in [4.78, 5) is 0. The third-order valence-electron chi connectivity index (χ3n) is 3.04. The van der Waals surface area contributed by atoms with Gasteiger partial charge in [-0.3, -0.25) is 0 Å². The summed E-state index contributed by atoms with van der Waals surface area (Å²) in [5, 5.41) is 0.623. The first kappa shape index (κ1) is 16.5. The molecule has 0 rings (SSSR count). The minimum absolute atomic E-state index is 0.208. The number of rotatable bonds is 7. The summed E-state index contributed by atoms with van der Waals surface area (Å²) in [6.45, 7) is 12.9. The van der Waals surface area contributed by atoms with Crippen molar-refractivity contribution in [2.24, 2.45) is 17.1 Å². The van der Waals surface area contributed by atoms with E-state index in [1.165, 1.54) is 0 Å². The van der Waals surface area contributed by atoms with Crippen molar-refractivity contribution in [3.8, 4) is 0 Å². The van der Waals surface area contributed by atoms with Crippen molar-refractivity contribution in [1.82, 2.24) is 0 Å². The van der Waals surface area contributed by atoms with Crippen molar-refractivity contribution in [3.05, 3.63) is 35.4 Å². The molecule has 17 heavy (non-hydrogen) atoms. The van der Waals surface area contributed by atoms with Crippen LogP contribution in [0, 0.1) is 11.3 Å². The Morgan fingerprint density at radius 1 is 1.47 bits per heavy atom. The van der Waals surface area contributed by atoms with E-state index in [9.17, 15) is 0 Å². The number of hydrogen-bond donors (Lipinski definition) is 1. The summed E-state index contributed by atoms with van der Waals surface area (Å²) in [7, 11) is 0. The molecule has 1 unspecified atom stereocenters. The van der Waals surface area contributed by atoms with Crippen molar-refractivity contribution < 1.29 is 0 Å². The van der Waals surface area contributed by atoms with E-state index in [1.54, 1.807) is 0 Å². The van der Waals surface area contributed by atoms with Gasteiger partial charge >= 0.3 is 0 Å². The van der Waals surface area contributed by atoms with E-state index in [2.05, 4.69) is 38.7 Å². The fourth-order valence-corrected chi connectivity index (χ4v) is 1.62. The average molecular weight is 256 g/mol. The number of halogens is 1. The molecule has 0 spiro atoms. The van der Waals surface area contributed by atoms with Crippen molar-refractivity contribution >= 4 is 11.6 Å². The van der Waals surface area contributed by atoms with Gasteiger partial charge in [0.15, 0.2) is 0 Å². The molecular weight excluding hydrogens is 230 g/mol. The van der Waals surface area contributed by atoms with Gasteiger partial charge in [-0.2, -0.15) is 0 Å². The first-order valence-corrected chi connectivity index (χ1v) is 6.56. The van der Waals surface area contributed by atoms with Crippen molar-refractivity contribution in [2.75, 3.05) is 6.54 Å². The Bertz CT molecular complexity index is 300. The first-order chi connectivity index (χ1) is 7.82. The second-order valence-corrected chi connectivity index (χ2v) is 5.81. The predicted octanol–water partition coefficient (Wildman–Crippen LogP) is 4.64. The van der Waals surface area contributed by atoms with Gasteiger partial charge in [0.05, 0.1) is 0 Å². The quantitative estimate of drug-likeness (QED) is 0.520. The van der Waals surface area contributed by atoms with Crippen LogP contribution in [0.1, 0.15) is 40.5 Å². The molecule has 0 aliphatic carbocycles. The van der Waals surface area contributed by atoms with Crippen LogP contribution in [0.5, 0.6) is 0 Å². The molecule has 98 valence electrons. The Labute approximate surface area is 111 Å². The standard InChI is InChI=1S/C15H26ClN/c1-6-7-14(10-12(2)13(3)16)8-9-15(4,5)11-17/h6-7,10,14H,3,8-9,11,17H2,1-2,4-5H3/b7-6-,12-10-. The topological polar surface area (TPSA) is 26.0 Å². The van der Waals surface area contributed by atoms with Gasteiger partial charge in [-0.25, -0.2) is 0 Å². The molecule has 0 aromatic heterocycles. The maximum atomic E-state index is 5.88. The average Bonchev–Trinajstić information content (AvgIpc) is 2.26. The van der Waals surface area contributed by atoms with Gasteiger partial charge in [-0.05, 0) is 50.1 Å². The summed E-state index contributed by atoms with van der Waals surface area (Å²) in [5.74, 6) is 0.418. The fraction of sp³-hybridized carbons (Fsp3) is 0.600. The van der Waals surface area contributed by atoms with E-state index in [0.717, 1.165) is 25.0 Å². The zero-order valence-electron chi connectivity index (χ0n) is 11.6. The first-order valence-electron chi connectivity index (χ1n) is 6.18. The Morgan fingerprint density at radius 2 is 2.06 bits per heavy atom. The van der Waals surface area contributed by atoms with Crippen LogP contribution in [0.4, 0.5) is 0 Å².